The van der Waals surface area contributed by atoms with E-state index in [9.17, 15) is 76.7 Å². The van der Waals surface area contributed by atoms with Gasteiger partial charge < -0.3 is 91.3 Å². The van der Waals surface area contributed by atoms with Gasteiger partial charge in [0.2, 0.25) is 11.8 Å². The van der Waals surface area contributed by atoms with Crippen LogP contribution in [0.5, 0.6) is 5.75 Å². The van der Waals surface area contributed by atoms with Crippen molar-refractivity contribution in [1.29, 1.82) is 0 Å². The van der Waals surface area contributed by atoms with Crippen LogP contribution >= 0.6 is 11.8 Å². The van der Waals surface area contributed by atoms with Crippen LogP contribution in [-0.2, 0) is 112 Å². The molecule has 0 aliphatic heterocycles. The molecule has 0 aromatic heterocycles. The van der Waals surface area contributed by atoms with Gasteiger partial charge in [0.25, 0.3) is 5.91 Å². The molecule has 0 saturated carbocycles. The van der Waals surface area contributed by atoms with Gasteiger partial charge in [-0.3, -0.25) is 76.7 Å². The molecule has 7 aromatic rings. The molecule has 7 rings (SSSR count). The Morgan fingerprint density at radius 3 is 0.931 bits per heavy atom. The van der Waals surface area contributed by atoms with Crippen molar-refractivity contribution < 1.29 is 117 Å². The smallest absolute Gasteiger partial charge is 0.320 e. The Bertz CT molecular complexity index is 4520. The van der Waals surface area contributed by atoms with Gasteiger partial charge in [0, 0.05) is 41.8 Å². The second-order valence-corrected chi connectivity index (χ2v) is 28.4. The third kappa shape index (κ3) is 61.0. The quantitative estimate of drug-likeness (QED) is 0.00564. The SMILES string of the molecule is C.C.C.C.C.C.C.CC(=O)CC(=O)c1ccc(CC(N)C(=O)O)cc1.CC(=O)CNC(=O)c1ccc(CC(N)C(=O)O)cc1.CC(=O)CNc1ccc(CC(N)C(=O)O)cc1.CC(=O)COc1ccc(CC(N)C(=O)O)cc1.CC(=O)CSc1ccc(CC(N)C(=O)O)cc1.CC(=O)N/N=C/c1ccc(CC(N)C(=O)O)cc1.CC(=O)N=Cc1ccc(CC(N)C(=O)O)cc1. The molecule has 7 aromatic carbocycles. The molecule has 0 aliphatic carbocycles. The van der Waals surface area contributed by atoms with Gasteiger partial charge >= 0.3 is 41.8 Å². The number of aliphatic imine (C=N–C) groups is 1. The van der Waals surface area contributed by atoms with Crippen LogP contribution in [0, 0.1) is 0 Å². The van der Waals surface area contributed by atoms with Gasteiger partial charge in [0.15, 0.2) is 11.6 Å². The molecule has 0 saturated heterocycles. The minimum atomic E-state index is -1.07. The summed E-state index contributed by atoms with van der Waals surface area (Å²) in [4.78, 5) is 177. The van der Waals surface area contributed by atoms with Gasteiger partial charge in [0.1, 0.15) is 77.8 Å². The number of nitrogens with zero attached hydrogens (tertiary/aromatic N) is 2. The zero-order valence-electron chi connectivity index (χ0n) is 68.8. The van der Waals surface area contributed by atoms with Crippen LogP contribution < -0.4 is 60.9 Å². The molecule has 24 N–H and O–H groups in total. The number of carboxylic acids is 7. The maximum absolute atomic E-state index is 11.6. The summed E-state index contributed by atoms with van der Waals surface area (Å²) in [6.45, 7) is 10.3. The van der Waals surface area contributed by atoms with E-state index in [2.05, 4.69) is 26.2 Å². The lowest BCUT2D eigenvalue weighted by Gasteiger charge is -2.08. The number of carbonyl (C=O) groups is 16. The van der Waals surface area contributed by atoms with Crippen molar-refractivity contribution in [3.63, 3.8) is 0 Å². The van der Waals surface area contributed by atoms with Gasteiger partial charge in [-0.2, -0.15) is 5.10 Å². The molecule has 0 aliphatic rings. The van der Waals surface area contributed by atoms with E-state index in [-0.39, 0.29) is 163 Å². The third-order valence-electron chi connectivity index (χ3n) is 15.8. The van der Waals surface area contributed by atoms with E-state index in [0.717, 1.165) is 60.7 Å². The van der Waals surface area contributed by atoms with Crippen molar-refractivity contribution in [3.8, 4) is 5.75 Å². The van der Waals surface area contributed by atoms with E-state index in [4.69, 9.17) is 80.6 Å². The summed E-state index contributed by atoms with van der Waals surface area (Å²) in [6.07, 6.45) is 4.68. The molecule has 7 unspecified atom stereocenters. The molecule has 0 radical (unpaired) electrons. The van der Waals surface area contributed by atoms with Crippen LogP contribution in [0.2, 0.25) is 0 Å². The fourth-order valence-electron chi connectivity index (χ4n) is 9.28. The highest BCUT2D eigenvalue weighted by Crippen LogP contribution is 2.20. The minimum Gasteiger partial charge on any atom is -0.486 e. The Balaban J connectivity index is -0.000000269. The topological polar surface area (TPSA) is 667 Å². The zero-order valence-corrected chi connectivity index (χ0v) is 69.6. The first-order chi connectivity index (χ1) is 57.7. The van der Waals surface area contributed by atoms with E-state index < -0.39 is 84.1 Å². The molecular weight excluding hydrogens is 1700 g/mol. The predicted molar refractivity (Wildman–Crippen MR) is 506 cm³/mol. The number of hydrogen-bond acceptors (Lipinski definition) is 27. The van der Waals surface area contributed by atoms with Crippen molar-refractivity contribution in [2.24, 2.45) is 50.2 Å². The minimum absolute atomic E-state index is 0. The summed E-state index contributed by atoms with van der Waals surface area (Å²) in [5.74, 6) is -7.44. The normalized spacial score (nSPS) is 11.4. The van der Waals surface area contributed by atoms with Crippen LogP contribution in [0.1, 0.15) is 178 Å². The van der Waals surface area contributed by atoms with E-state index in [1.54, 1.807) is 153 Å². The van der Waals surface area contributed by atoms with E-state index in [1.807, 2.05) is 24.3 Å². The lowest BCUT2D eigenvalue weighted by atomic mass is 10.0. The number of ketones is 6. The number of carbonyl (C=O) groups excluding carboxylic acids is 9. The first-order valence-corrected chi connectivity index (χ1v) is 38.4. The maximum atomic E-state index is 11.6. The average Bonchev–Trinajstić information content (AvgIpc) is 0.874. The zero-order chi connectivity index (χ0) is 93.0. The maximum Gasteiger partial charge on any atom is 0.320 e. The van der Waals surface area contributed by atoms with Crippen molar-refractivity contribution in [2.45, 2.75) is 199 Å². The number of rotatable bonds is 39. The van der Waals surface area contributed by atoms with Gasteiger partial charge in [0.05, 0.1) is 31.5 Å². The Morgan fingerprint density at radius 1 is 0.354 bits per heavy atom. The van der Waals surface area contributed by atoms with Crippen molar-refractivity contribution >= 4 is 124 Å². The number of Topliss-reactive ketones (excluding diaryl/α,β-unsaturated/α-hetero) is 6. The predicted octanol–water partition coefficient (Wildman–Crippen LogP) is 8.51. The fraction of sp³-hybridized carbons (Fsp3) is 0.355. The fourth-order valence-corrected chi connectivity index (χ4v) is 9.98. The summed E-state index contributed by atoms with van der Waals surface area (Å²) in [6, 6.07) is 42.1. The van der Waals surface area contributed by atoms with Crippen molar-refractivity contribution in [2.75, 3.05) is 30.8 Å². The molecule has 0 fully saturated rings. The van der Waals surface area contributed by atoms with E-state index >= 15 is 0 Å². The van der Waals surface area contributed by atoms with Crippen molar-refractivity contribution in [3.05, 3.63) is 231 Å². The van der Waals surface area contributed by atoms with Crippen LogP contribution in [0.3, 0.4) is 0 Å². The molecular formula is C93H134N12O24S. The molecule has 130 heavy (non-hydrogen) atoms. The standard InChI is InChI=1S/C13H16N2O4.C13H15NO4.C12H15N3O3.C12H14N2O3.C12H16N2O3.C12H15NO4.C12H15NO3S.7CH4/c1-8(16)7-15-12(17)10-4-2-9(3-5-10)6-11(14)13(18)19;1-8(15)6-12(16)10-4-2-9(3-5-10)7-11(14)13(17)18;1-8(16)15-14-7-10-4-2-9(3-5-10)6-11(13)12(17)18;1-8(15)14-7-10-4-2-9(3-5-10)6-11(13)12(16)17;1-8(15)7-14-10-4-2-9(3-5-10)6-11(13)12(16)17;2*1-8(14)7-17-10-4-2-9(3-5-10)6-11(13)12(15)16;;;;;;;/h2-5,11H,6-7,14H2,1H3,(H,15,17)(H,18,19);2-5,11H,6-7,14H2,1H3,(H,17,18);2-5,7,11H,6,13H2,1H3,(H,15,16)(H,17,18);2-5,7,11H,6,13H2,1H3,(H,16,17);2-5,11,14H,6-7,13H2,1H3,(H,16,17);2*2-5,11H,6-7,13H2,1H3,(H,15,16);7*1H4/b;;14-7+;;;;;;;;;;;. The summed E-state index contributed by atoms with van der Waals surface area (Å²) in [5, 5.41) is 69.8. The number of hydrogen-bond donors (Lipinski definition) is 17. The third-order valence-corrected chi connectivity index (χ3v) is 17.0. The molecule has 0 heterocycles. The highest BCUT2D eigenvalue weighted by atomic mass is 32.2. The van der Waals surface area contributed by atoms with Crippen LogP contribution in [-0.4, -0.2) is 210 Å². The molecule has 0 bridgehead atoms. The lowest BCUT2D eigenvalue weighted by Crippen LogP contribution is -2.32. The molecule has 36 nitrogen and oxygen atoms in total. The van der Waals surface area contributed by atoms with Crippen LogP contribution in [0.4, 0.5) is 5.69 Å². The van der Waals surface area contributed by atoms with Crippen molar-refractivity contribution in [1.82, 2.24) is 10.7 Å². The number of nitrogens with one attached hydrogen (secondary N) is 3. The Labute approximate surface area is 765 Å². The second-order valence-electron chi connectivity index (χ2n) is 27.3. The Hall–Kier alpha value is -13.5. The molecule has 7 atom stereocenters. The highest BCUT2D eigenvalue weighted by Gasteiger charge is 2.19. The van der Waals surface area contributed by atoms with Gasteiger partial charge in [-0.1, -0.05) is 173 Å². The summed E-state index contributed by atoms with van der Waals surface area (Å²) in [7, 11) is 0. The van der Waals surface area contributed by atoms with Crippen LogP contribution in [0.25, 0.3) is 0 Å². The molecule has 3 amide bonds. The van der Waals surface area contributed by atoms with Gasteiger partial charge in [-0.15, -0.1) is 11.8 Å². The summed E-state index contributed by atoms with van der Waals surface area (Å²) >= 11 is 1.47. The molecule has 716 valence electrons. The van der Waals surface area contributed by atoms with Crippen LogP contribution in [0.15, 0.2) is 185 Å². The first kappa shape index (κ1) is 130. The number of hydrazone groups is 1. The molecule has 37 heteroatoms. The average molecular weight is 1840 g/mol. The number of thioether (sulfide) groups is 1. The number of ether oxygens (including phenoxy) is 1. The highest BCUT2D eigenvalue weighted by molar-refractivity contribution is 8.00. The number of amides is 3. The van der Waals surface area contributed by atoms with Gasteiger partial charge in [-0.25, -0.2) is 10.4 Å². The van der Waals surface area contributed by atoms with E-state index in [1.165, 1.54) is 65.7 Å². The lowest BCUT2D eigenvalue weighted by molar-refractivity contribution is -0.139. The number of nitrogens with two attached hydrogens (primary N) is 7. The largest absolute Gasteiger partial charge is 0.486 e. The first-order valence-electron chi connectivity index (χ1n) is 37.4. The Kier molecular flexibility index (Phi) is 70.3. The number of carboxylic acid groups (broad SMARTS) is 7. The number of anilines is 1. The van der Waals surface area contributed by atoms with E-state index in [0.29, 0.717) is 35.5 Å². The number of aliphatic carboxylic acids is 7. The summed E-state index contributed by atoms with van der Waals surface area (Å²) in [5.41, 5.74) is 49.2. The second kappa shape index (κ2) is 70.5. The monoisotopic (exact) mass is 1830 g/mol. The molecule has 0 spiro atoms. The summed E-state index contributed by atoms with van der Waals surface area (Å²) < 4.78 is 5.18. The Morgan fingerprint density at radius 2 is 0.646 bits per heavy atom. The number of benzene rings is 7. The van der Waals surface area contributed by atoms with Gasteiger partial charge in [-0.05, 0) is 178 Å².